The van der Waals surface area contributed by atoms with E-state index in [4.69, 9.17) is 15.3 Å². The van der Waals surface area contributed by atoms with Crippen LogP contribution in [0.1, 0.15) is 27.6 Å². The fourth-order valence-electron chi connectivity index (χ4n) is 1.03. The first-order valence-corrected chi connectivity index (χ1v) is 5.81. The highest BCUT2D eigenvalue weighted by atomic mass is 19.2. The zero-order valence-corrected chi connectivity index (χ0v) is 11.4. The molecule has 0 heterocycles. The summed E-state index contributed by atoms with van der Waals surface area (Å²) in [7, 11) is 0. The normalized spacial score (nSPS) is 10.7. The van der Waals surface area contributed by atoms with Gasteiger partial charge in [-0.3, -0.25) is 9.59 Å². The fourth-order valence-corrected chi connectivity index (χ4v) is 1.03. The highest BCUT2D eigenvalue weighted by Gasteiger charge is 2.24. The summed E-state index contributed by atoms with van der Waals surface area (Å²) in [6, 6.07) is 0. The summed E-state index contributed by atoms with van der Waals surface area (Å²) in [5.41, 5.74) is -3.31. The van der Waals surface area contributed by atoms with Crippen molar-refractivity contribution < 1.29 is 42.5 Å². The van der Waals surface area contributed by atoms with Crippen LogP contribution in [0.2, 0.25) is 0 Å². The number of halogens is 4. The van der Waals surface area contributed by atoms with Crippen LogP contribution in [-0.4, -0.2) is 47.7 Å². The third-order valence-electron chi connectivity index (χ3n) is 2.71. The van der Waals surface area contributed by atoms with Gasteiger partial charge in [-0.2, -0.15) is 0 Å². The highest BCUT2D eigenvalue weighted by Crippen LogP contribution is 2.21. The van der Waals surface area contributed by atoms with Crippen LogP contribution in [0.25, 0.3) is 0 Å². The highest BCUT2D eigenvalue weighted by molar-refractivity contribution is 5.83. The van der Waals surface area contributed by atoms with E-state index in [1.54, 1.807) is 6.92 Å². The molecule has 124 valence electrons. The SMILES string of the molecule is CC(CO)(CO)CO.O=Cc1c(F)c(F)c(F)c(C=O)c1F. The molecule has 0 atom stereocenters. The van der Waals surface area contributed by atoms with Crippen molar-refractivity contribution in [2.45, 2.75) is 6.92 Å². The van der Waals surface area contributed by atoms with Gasteiger partial charge in [-0.1, -0.05) is 6.92 Å². The molecule has 3 N–H and O–H groups in total. The zero-order chi connectivity index (χ0) is 17.5. The number of aliphatic hydroxyl groups is 3. The second kappa shape index (κ2) is 8.57. The summed E-state index contributed by atoms with van der Waals surface area (Å²) in [5, 5.41) is 25.4. The van der Waals surface area contributed by atoms with Gasteiger partial charge in [-0.15, -0.1) is 0 Å². The van der Waals surface area contributed by atoms with E-state index in [9.17, 15) is 27.2 Å². The Morgan fingerprint density at radius 1 is 0.773 bits per heavy atom. The van der Waals surface area contributed by atoms with Gasteiger partial charge < -0.3 is 15.3 Å². The van der Waals surface area contributed by atoms with Crippen LogP contribution in [0.5, 0.6) is 0 Å². The standard InChI is InChI=1S/C8H2F4O2.C5H12O3/c9-5-3(1-13)6(10)8(12)7(11)4(5)2-14;1-5(2-6,3-7)4-8/h1-2H;6-8H,2-4H2,1H3. The van der Waals surface area contributed by atoms with Crippen molar-refractivity contribution >= 4 is 12.6 Å². The second-order valence-corrected chi connectivity index (χ2v) is 4.60. The predicted octanol–water partition coefficient (Wildman–Crippen LogP) is 0.838. The number of rotatable bonds is 5. The lowest BCUT2D eigenvalue weighted by Gasteiger charge is -2.20. The largest absolute Gasteiger partial charge is 0.396 e. The van der Waals surface area contributed by atoms with Gasteiger partial charge in [-0.05, 0) is 0 Å². The van der Waals surface area contributed by atoms with Crippen LogP contribution in [0.15, 0.2) is 0 Å². The number of aliphatic hydroxyl groups excluding tert-OH is 3. The molecule has 0 aromatic heterocycles. The minimum absolute atomic E-state index is 0.181. The van der Waals surface area contributed by atoms with Crippen molar-refractivity contribution in [1.29, 1.82) is 0 Å². The first kappa shape index (κ1) is 20.2. The Hall–Kier alpha value is -1.84. The van der Waals surface area contributed by atoms with E-state index in [-0.39, 0.29) is 32.4 Å². The summed E-state index contributed by atoms with van der Waals surface area (Å²) in [6.45, 7) is 1.06. The lowest BCUT2D eigenvalue weighted by molar-refractivity contribution is 0.0200. The van der Waals surface area contributed by atoms with Crippen molar-refractivity contribution in [1.82, 2.24) is 0 Å². The molecule has 0 aliphatic heterocycles. The molecule has 0 unspecified atom stereocenters. The van der Waals surface area contributed by atoms with Crippen molar-refractivity contribution in [2.24, 2.45) is 5.41 Å². The molecule has 0 amide bonds. The predicted molar refractivity (Wildman–Crippen MR) is 66.4 cm³/mol. The first-order valence-electron chi connectivity index (χ1n) is 5.81. The van der Waals surface area contributed by atoms with Gasteiger partial charge in [0.2, 0.25) is 0 Å². The van der Waals surface area contributed by atoms with Crippen molar-refractivity contribution in [3.05, 3.63) is 34.4 Å². The Bertz CT molecular complexity index is 500. The lowest BCUT2D eigenvalue weighted by atomic mass is 9.95. The van der Waals surface area contributed by atoms with Crippen LogP contribution >= 0.6 is 0 Å². The monoisotopic (exact) mass is 326 g/mol. The van der Waals surface area contributed by atoms with E-state index in [1.807, 2.05) is 0 Å². The summed E-state index contributed by atoms with van der Waals surface area (Å²) in [4.78, 5) is 20.2. The number of carbonyl (C=O) groups is 2. The van der Waals surface area contributed by atoms with Gasteiger partial charge in [0.1, 0.15) is 5.82 Å². The minimum atomic E-state index is -2.05. The van der Waals surface area contributed by atoms with Gasteiger partial charge in [0.05, 0.1) is 30.9 Å². The average molecular weight is 326 g/mol. The minimum Gasteiger partial charge on any atom is -0.396 e. The summed E-state index contributed by atoms with van der Waals surface area (Å²) >= 11 is 0. The van der Waals surface area contributed by atoms with E-state index in [0.717, 1.165) is 0 Å². The number of hydrogen-bond acceptors (Lipinski definition) is 5. The molecule has 1 aromatic carbocycles. The molecular weight excluding hydrogens is 312 g/mol. The molecule has 1 rings (SSSR count). The number of aldehydes is 2. The Balaban J connectivity index is 0.000000472. The quantitative estimate of drug-likeness (QED) is 0.323. The Kier molecular flexibility index (Phi) is 7.85. The maximum atomic E-state index is 12.9. The van der Waals surface area contributed by atoms with E-state index in [1.165, 1.54) is 0 Å². The van der Waals surface area contributed by atoms with Crippen LogP contribution in [0.3, 0.4) is 0 Å². The molecule has 0 fully saturated rings. The molecule has 0 saturated carbocycles. The second-order valence-electron chi connectivity index (χ2n) is 4.60. The average Bonchev–Trinajstić information content (AvgIpc) is 2.54. The number of hydrogen-bond donors (Lipinski definition) is 3. The lowest BCUT2D eigenvalue weighted by Crippen LogP contribution is -2.29. The molecule has 5 nitrogen and oxygen atoms in total. The Morgan fingerprint density at radius 3 is 1.27 bits per heavy atom. The van der Waals surface area contributed by atoms with E-state index in [0.29, 0.717) is 0 Å². The van der Waals surface area contributed by atoms with E-state index >= 15 is 0 Å². The number of carbonyl (C=O) groups excluding carboxylic acids is 2. The number of benzene rings is 1. The topological polar surface area (TPSA) is 94.8 Å². The summed E-state index contributed by atoms with van der Waals surface area (Å²) < 4.78 is 50.7. The third kappa shape index (κ3) is 4.33. The third-order valence-corrected chi connectivity index (χ3v) is 2.71. The molecule has 22 heavy (non-hydrogen) atoms. The zero-order valence-electron chi connectivity index (χ0n) is 11.4. The van der Waals surface area contributed by atoms with Crippen molar-refractivity contribution in [2.75, 3.05) is 19.8 Å². The van der Waals surface area contributed by atoms with Crippen LogP contribution in [0.4, 0.5) is 17.6 Å². The van der Waals surface area contributed by atoms with E-state index in [2.05, 4.69) is 0 Å². The first-order chi connectivity index (χ1) is 10.2. The maximum absolute atomic E-state index is 12.9. The molecule has 0 spiro atoms. The smallest absolute Gasteiger partial charge is 0.196 e. The summed E-state index contributed by atoms with van der Waals surface area (Å²) in [6.07, 6.45) is -0.666. The van der Waals surface area contributed by atoms with Crippen LogP contribution in [0, 0.1) is 28.7 Å². The molecule has 0 radical (unpaired) electrons. The molecular formula is C13H14F4O5. The van der Waals surface area contributed by atoms with Crippen molar-refractivity contribution in [3.63, 3.8) is 0 Å². The molecule has 0 bridgehead atoms. The van der Waals surface area contributed by atoms with Crippen molar-refractivity contribution in [3.8, 4) is 0 Å². The molecule has 1 aromatic rings. The molecule has 0 saturated heterocycles. The summed E-state index contributed by atoms with van der Waals surface area (Å²) in [5.74, 6) is -7.64. The van der Waals surface area contributed by atoms with E-state index < -0.39 is 39.8 Å². The van der Waals surface area contributed by atoms with Crippen LogP contribution in [-0.2, 0) is 0 Å². The molecule has 0 aliphatic rings. The van der Waals surface area contributed by atoms with Gasteiger partial charge in [0.15, 0.2) is 30.0 Å². The Morgan fingerprint density at radius 2 is 1.09 bits per heavy atom. The van der Waals surface area contributed by atoms with Gasteiger partial charge >= 0.3 is 0 Å². The molecule has 9 heteroatoms. The molecule has 0 aliphatic carbocycles. The Labute approximate surface area is 122 Å². The van der Waals surface area contributed by atoms with Crippen LogP contribution < -0.4 is 0 Å². The van der Waals surface area contributed by atoms with Gasteiger partial charge in [0, 0.05) is 5.41 Å². The van der Waals surface area contributed by atoms with Gasteiger partial charge in [0.25, 0.3) is 0 Å². The maximum Gasteiger partial charge on any atom is 0.196 e. The van der Waals surface area contributed by atoms with Gasteiger partial charge in [-0.25, -0.2) is 17.6 Å². The fraction of sp³-hybridized carbons (Fsp3) is 0.385.